The molecule has 9 aromatic heterocycles. The number of carbonyl (C=O) groups is 4. The Bertz CT molecular complexity index is 7220. The van der Waals surface area contributed by atoms with Crippen molar-refractivity contribution in [1.29, 1.82) is 0 Å². The monoisotopic (exact) mass is 1980 g/mol. The maximum atomic E-state index is 13.0. The Balaban J connectivity index is 0.000000221. The molecule has 15 rings (SSSR count). The molecule has 0 saturated heterocycles. The molecule has 11 N–H and O–H groups in total. The van der Waals surface area contributed by atoms with E-state index < -0.39 is 96.9 Å². The number of aldehydes is 1. The number of hydrogen-bond donors (Lipinski definition) is 11. The Morgan fingerprint density at radius 2 is 0.655 bits per heavy atom. The topological polar surface area (TPSA) is 583 Å². The minimum Gasteiger partial charge on any atom is -0.502 e. The standard InChI is InChI=1S/C21H18FNO4.C14H12FNO4.C14H12O5.C14H14O4.C14H12O4.C7H8O4.C6H5ClO3.C6H6O4.C6H6O3/c1-14-11-18(24)19(26-13-16-5-3-2-4-6-16)20(27-14)21(25)23-12-15-7-9-17(22)10-8-15;1-8-6-11(17)12(18)13(20-8)14(19)16-7-9-2-4-10(15)5-3-9;1-9-7-11(15)12(13(19-9)14(16)17)18-8-10-5-3-2-4-6-10;2*1-10-7-12(16)14(13(8-15)18-10)17-9-11-5-3-2-4-6-11;1-4-2-5(9)7(10)6(3-8)11-4;2*7-2-4-1-5(8)6(9)3-10-4;1-4-2-5(7)6(8)3-9-4/h2-11H,12-13H2,1H3,(H,23,25);2-6,18H,7H2,1H3,(H,16,19);2-7H,8H2,1H3,(H,16,17);2-7,15H,8-9H2,1H3;2-8H,9H2,1H3;2,8,10H,3H2,1H3;1,3,9H,2H2;1,3,7,9H,2H2;2-3,8H,1H3. The van der Waals surface area contributed by atoms with Crippen molar-refractivity contribution >= 4 is 35.7 Å². The van der Waals surface area contributed by atoms with Crippen LogP contribution >= 0.6 is 11.6 Å². The second-order valence-electron chi connectivity index (χ2n) is 29.2. The number of aliphatic hydroxyl groups is 3. The average molecular weight is 1980 g/mol. The van der Waals surface area contributed by atoms with E-state index in [9.17, 15) is 76.2 Å². The highest BCUT2D eigenvalue weighted by molar-refractivity contribution is 6.16. The van der Waals surface area contributed by atoms with Crippen LogP contribution in [0.15, 0.2) is 326 Å². The van der Waals surface area contributed by atoms with Crippen LogP contribution in [-0.2, 0) is 65.2 Å². The predicted molar refractivity (Wildman–Crippen MR) is 504 cm³/mol. The number of carbonyl (C=O) groups excluding carboxylic acids is 3. The number of halogens is 3. The van der Waals surface area contributed by atoms with Gasteiger partial charge in [0.2, 0.25) is 101 Å². The van der Waals surface area contributed by atoms with Crippen molar-refractivity contribution in [2.45, 2.75) is 114 Å². The molecule has 6 aromatic carbocycles. The molecule has 2 amide bonds. The summed E-state index contributed by atoms with van der Waals surface area (Å²) in [6, 6.07) is 59.4. The smallest absolute Gasteiger partial charge is 0.375 e. The zero-order valence-electron chi connectivity index (χ0n) is 76.5. The molecule has 742 valence electrons. The van der Waals surface area contributed by atoms with Crippen molar-refractivity contribution in [3.05, 3.63) is 467 Å². The Morgan fingerprint density at radius 3 is 1.04 bits per heavy atom. The fourth-order valence-electron chi connectivity index (χ4n) is 11.2. The zero-order chi connectivity index (χ0) is 104. The van der Waals surface area contributed by atoms with Crippen LogP contribution in [0.4, 0.5) is 8.78 Å². The SMILES string of the molecule is Cc1cc(=O)c(O)c(C(=O)NCc2ccc(F)cc2)o1.Cc1cc(=O)c(O)c(CO)o1.Cc1cc(=O)c(O)co1.Cc1cc(=O)c(OCc2ccccc2)c(C(=O)NCc2ccc(F)cc2)o1.Cc1cc(=O)c(OCc2ccccc2)c(C(=O)O)o1.Cc1cc(=O)c(OCc2ccccc2)c(C=O)o1.Cc1cc(=O)c(OCc2ccccc2)c(CO)o1.O=c1cc(CCl)occ1O.O=c1cc(CO)occ1O. The van der Waals surface area contributed by atoms with Gasteiger partial charge in [-0.1, -0.05) is 146 Å². The van der Waals surface area contributed by atoms with Gasteiger partial charge in [-0.05, 0) is 106 Å². The van der Waals surface area contributed by atoms with Gasteiger partial charge >= 0.3 is 5.97 Å². The molecule has 142 heavy (non-hydrogen) atoms. The zero-order valence-corrected chi connectivity index (χ0v) is 77.3. The maximum Gasteiger partial charge on any atom is 0.375 e. The first kappa shape index (κ1) is 111. The van der Waals surface area contributed by atoms with Gasteiger partial charge in [-0.2, -0.15) is 0 Å². The largest absolute Gasteiger partial charge is 0.502 e. The summed E-state index contributed by atoms with van der Waals surface area (Å²) in [4.78, 5) is 148. The minimum atomic E-state index is -1.33. The third-order valence-corrected chi connectivity index (χ3v) is 18.2. The normalized spacial score (nSPS) is 10.1. The summed E-state index contributed by atoms with van der Waals surface area (Å²) < 4.78 is 92.1. The molecule has 0 atom stereocenters. The molecule has 0 aliphatic carbocycles. The van der Waals surface area contributed by atoms with Crippen LogP contribution in [0, 0.1) is 60.1 Å². The first-order valence-electron chi connectivity index (χ1n) is 41.7. The minimum absolute atomic E-state index is 0.0422. The predicted octanol–water partition coefficient (Wildman–Crippen LogP) is 13.6. The number of ether oxygens (including phenoxy) is 4. The van der Waals surface area contributed by atoms with Gasteiger partial charge < -0.3 is 115 Å². The summed E-state index contributed by atoms with van der Waals surface area (Å²) in [6.45, 7) is 10.9. The summed E-state index contributed by atoms with van der Waals surface area (Å²) in [5.74, 6) is -4.16. The van der Waals surface area contributed by atoms with Gasteiger partial charge in [0.1, 0.15) is 129 Å². The first-order chi connectivity index (χ1) is 67.8. The van der Waals surface area contributed by atoms with Gasteiger partial charge in [-0.25, -0.2) is 13.6 Å². The second kappa shape index (κ2) is 56.6. The number of benzene rings is 6. The van der Waals surface area contributed by atoms with Gasteiger partial charge in [-0.15, -0.1) is 11.6 Å². The van der Waals surface area contributed by atoms with E-state index in [-0.39, 0.29) is 150 Å². The van der Waals surface area contributed by atoms with Gasteiger partial charge in [0.25, 0.3) is 17.6 Å². The van der Waals surface area contributed by atoms with Gasteiger partial charge in [0.15, 0.2) is 35.1 Å². The molecule has 37 nitrogen and oxygen atoms in total. The number of aryl methyl sites for hydroxylation is 7. The molecule has 0 bridgehead atoms. The molecule has 0 spiro atoms. The number of alkyl halides is 1. The lowest BCUT2D eigenvalue weighted by atomic mass is 10.2. The summed E-state index contributed by atoms with van der Waals surface area (Å²) in [5, 5.41) is 84.7. The molecule has 9 heterocycles. The summed E-state index contributed by atoms with van der Waals surface area (Å²) >= 11 is 5.34. The third kappa shape index (κ3) is 36.7. The quantitative estimate of drug-likeness (QED) is 0.0198. The molecule has 40 heteroatoms. The number of aromatic hydroxyl groups is 5. The van der Waals surface area contributed by atoms with E-state index in [1.807, 2.05) is 121 Å². The van der Waals surface area contributed by atoms with E-state index in [0.29, 0.717) is 52.0 Å². The number of carboxylic acid groups (broad SMARTS) is 1. The van der Waals surface area contributed by atoms with Crippen molar-refractivity contribution in [3.63, 3.8) is 0 Å². The van der Waals surface area contributed by atoms with E-state index >= 15 is 0 Å². The number of carboxylic acids is 1. The van der Waals surface area contributed by atoms with Crippen LogP contribution < -0.4 is 78.4 Å². The Hall–Kier alpha value is -17.8. The highest BCUT2D eigenvalue weighted by atomic mass is 35.5. The molecule has 15 aromatic rings. The number of rotatable bonds is 24. The van der Waals surface area contributed by atoms with Crippen LogP contribution in [0.5, 0.6) is 51.7 Å². The number of amides is 2. The molecule has 0 fully saturated rings. The highest BCUT2D eigenvalue weighted by Gasteiger charge is 2.24. The van der Waals surface area contributed by atoms with Gasteiger partial charge in [0.05, 0.1) is 5.88 Å². The lowest BCUT2D eigenvalue weighted by Gasteiger charge is -2.11. The summed E-state index contributed by atoms with van der Waals surface area (Å²) in [6.07, 6.45) is 3.38. The molecule has 0 aliphatic heterocycles. The molecule has 0 saturated carbocycles. The van der Waals surface area contributed by atoms with Crippen LogP contribution in [0.2, 0.25) is 0 Å². The van der Waals surface area contributed by atoms with Crippen LogP contribution in [0.1, 0.15) is 139 Å². The van der Waals surface area contributed by atoms with E-state index in [1.54, 1.807) is 46.8 Å². The fourth-order valence-corrected chi connectivity index (χ4v) is 11.4. The third-order valence-electron chi connectivity index (χ3n) is 18.0. The van der Waals surface area contributed by atoms with Crippen molar-refractivity contribution < 1.29 is 133 Å². The number of aromatic carboxylic acids is 1. The van der Waals surface area contributed by atoms with E-state index in [4.69, 9.17) is 102 Å². The van der Waals surface area contributed by atoms with Crippen LogP contribution in [0.25, 0.3) is 0 Å². The molecular formula is C102H93ClF2N2O35. The van der Waals surface area contributed by atoms with Crippen molar-refractivity contribution in [3.8, 4) is 51.7 Å². The summed E-state index contributed by atoms with van der Waals surface area (Å²) in [5.41, 5.74) is 0.744. The number of nitrogens with one attached hydrogen (secondary N) is 2. The number of hydrogen-bond acceptors (Lipinski definition) is 34. The molecule has 0 aliphatic rings. The first-order valence-corrected chi connectivity index (χ1v) is 42.3. The maximum absolute atomic E-state index is 13.0. The fraction of sp³-hybridized carbons (Fsp3) is 0.167. The Morgan fingerprint density at radius 1 is 0.338 bits per heavy atom. The van der Waals surface area contributed by atoms with Crippen LogP contribution in [-0.4, -0.2) is 70.0 Å². The van der Waals surface area contributed by atoms with Gasteiger partial charge in [-0.3, -0.25) is 57.5 Å². The average Bonchev–Trinajstić information content (AvgIpc) is 0.846. The highest BCUT2D eigenvalue weighted by Crippen LogP contribution is 2.23. The molecule has 0 radical (unpaired) electrons. The lowest BCUT2D eigenvalue weighted by molar-refractivity contribution is 0.0647. The second-order valence-corrected chi connectivity index (χ2v) is 29.5. The molecular weight excluding hydrogens is 1890 g/mol. The number of aliphatic hydroxyl groups excluding tert-OH is 3. The van der Waals surface area contributed by atoms with Crippen molar-refractivity contribution in [2.75, 3.05) is 0 Å². The van der Waals surface area contributed by atoms with E-state index in [1.165, 1.54) is 80.6 Å². The van der Waals surface area contributed by atoms with E-state index in [2.05, 4.69) is 19.5 Å². The van der Waals surface area contributed by atoms with Crippen molar-refractivity contribution in [2.24, 2.45) is 0 Å². The molecule has 0 unspecified atom stereocenters. The van der Waals surface area contributed by atoms with Crippen molar-refractivity contribution in [1.82, 2.24) is 10.6 Å². The van der Waals surface area contributed by atoms with Crippen LogP contribution in [0.3, 0.4) is 0 Å². The lowest BCUT2D eigenvalue weighted by Crippen LogP contribution is -2.25. The van der Waals surface area contributed by atoms with E-state index in [0.717, 1.165) is 65.3 Å². The van der Waals surface area contributed by atoms with Gasteiger partial charge in [0, 0.05) is 67.7 Å². The Labute approximate surface area is 807 Å². The summed E-state index contributed by atoms with van der Waals surface area (Å²) in [7, 11) is 0. The Kier molecular flexibility index (Phi) is 44.3.